The summed E-state index contributed by atoms with van der Waals surface area (Å²) in [4.78, 5) is 10.4. The standard InChI is InChI=1S/C15H23F2N5/c1-2-18-15(20-9-4-7-16)21-12-6-10-22(11-12)14-13(17)5-3-8-19-14/h3,5,8,12H,2,4,6-7,9-11H2,1H3,(H2,18,20,21). The van der Waals surface area contributed by atoms with Crippen molar-refractivity contribution < 1.29 is 8.78 Å². The number of nitrogens with one attached hydrogen (secondary N) is 2. The number of hydrogen-bond donors (Lipinski definition) is 2. The highest BCUT2D eigenvalue weighted by Crippen LogP contribution is 2.20. The van der Waals surface area contributed by atoms with Crippen molar-refractivity contribution in [2.24, 2.45) is 4.99 Å². The van der Waals surface area contributed by atoms with Crippen molar-refractivity contribution in [3.05, 3.63) is 24.1 Å². The van der Waals surface area contributed by atoms with Crippen molar-refractivity contribution in [2.75, 3.05) is 37.8 Å². The number of rotatable bonds is 6. The molecule has 22 heavy (non-hydrogen) atoms. The van der Waals surface area contributed by atoms with Gasteiger partial charge in [-0.25, -0.2) is 9.37 Å². The summed E-state index contributed by atoms with van der Waals surface area (Å²) in [6, 6.07) is 3.18. The molecule has 0 aromatic carbocycles. The minimum absolute atomic E-state index is 0.171. The van der Waals surface area contributed by atoms with Crippen LogP contribution in [0.1, 0.15) is 19.8 Å². The van der Waals surface area contributed by atoms with Crippen molar-refractivity contribution in [2.45, 2.75) is 25.8 Å². The number of nitrogens with zero attached hydrogens (tertiary/aromatic N) is 3. The van der Waals surface area contributed by atoms with Crippen molar-refractivity contribution in [3.63, 3.8) is 0 Å². The highest BCUT2D eigenvalue weighted by atomic mass is 19.1. The summed E-state index contributed by atoms with van der Waals surface area (Å²) in [5.74, 6) is 0.780. The van der Waals surface area contributed by atoms with Crippen LogP contribution < -0.4 is 15.5 Å². The van der Waals surface area contributed by atoms with Gasteiger partial charge < -0.3 is 15.5 Å². The van der Waals surface area contributed by atoms with Crippen molar-refractivity contribution in [1.82, 2.24) is 15.6 Å². The first-order valence-corrected chi connectivity index (χ1v) is 7.71. The van der Waals surface area contributed by atoms with Gasteiger partial charge in [0.2, 0.25) is 0 Å². The zero-order chi connectivity index (χ0) is 15.8. The van der Waals surface area contributed by atoms with Gasteiger partial charge in [-0.3, -0.25) is 9.38 Å². The van der Waals surface area contributed by atoms with Crippen LogP contribution in [0.25, 0.3) is 0 Å². The minimum atomic E-state index is -0.362. The van der Waals surface area contributed by atoms with E-state index in [0.717, 1.165) is 19.5 Å². The van der Waals surface area contributed by atoms with Crippen LogP contribution in [0.15, 0.2) is 23.3 Å². The van der Waals surface area contributed by atoms with Crippen LogP contribution >= 0.6 is 0 Å². The van der Waals surface area contributed by atoms with Crippen LogP contribution in [0.4, 0.5) is 14.6 Å². The fraction of sp³-hybridized carbons (Fsp3) is 0.600. The number of aliphatic imine (C=N–C) groups is 1. The molecule has 1 aromatic heterocycles. The predicted molar refractivity (Wildman–Crippen MR) is 84.5 cm³/mol. The molecule has 0 amide bonds. The Morgan fingerprint density at radius 1 is 1.55 bits per heavy atom. The first-order chi connectivity index (χ1) is 10.7. The Kier molecular flexibility index (Phi) is 6.36. The Morgan fingerprint density at radius 3 is 3.14 bits per heavy atom. The van der Waals surface area contributed by atoms with E-state index in [1.54, 1.807) is 12.3 Å². The number of pyridine rings is 1. The van der Waals surface area contributed by atoms with Crippen LogP contribution in [0.5, 0.6) is 0 Å². The quantitative estimate of drug-likeness (QED) is 0.477. The molecule has 122 valence electrons. The fourth-order valence-electron chi connectivity index (χ4n) is 2.44. The Morgan fingerprint density at radius 2 is 2.41 bits per heavy atom. The molecule has 1 saturated heterocycles. The molecular weight excluding hydrogens is 288 g/mol. The molecule has 2 N–H and O–H groups in total. The minimum Gasteiger partial charge on any atom is -0.357 e. The fourth-order valence-corrected chi connectivity index (χ4v) is 2.44. The van der Waals surface area contributed by atoms with E-state index in [1.165, 1.54) is 6.07 Å². The van der Waals surface area contributed by atoms with E-state index in [2.05, 4.69) is 20.6 Å². The molecule has 1 fully saturated rings. The molecule has 0 bridgehead atoms. The van der Waals surface area contributed by atoms with Crippen LogP contribution in [0.2, 0.25) is 0 Å². The van der Waals surface area contributed by atoms with Gasteiger partial charge in [0.1, 0.15) is 0 Å². The SMILES string of the molecule is CCNC(=NCCCF)NC1CCN(c2ncccc2F)C1. The summed E-state index contributed by atoms with van der Waals surface area (Å²) in [7, 11) is 0. The second-order valence-electron chi connectivity index (χ2n) is 5.19. The predicted octanol–water partition coefficient (Wildman–Crippen LogP) is 1.71. The monoisotopic (exact) mass is 311 g/mol. The summed E-state index contributed by atoms with van der Waals surface area (Å²) in [5.41, 5.74) is 0. The van der Waals surface area contributed by atoms with Crippen LogP contribution in [0, 0.1) is 5.82 Å². The zero-order valence-corrected chi connectivity index (χ0v) is 12.9. The Bertz CT molecular complexity index is 495. The topological polar surface area (TPSA) is 52.6 Å². The molecule has 0 radical (unpaired) electrons. The first-order valence-electron chi connectivity index (χ1n) is 7.71. The van der Waals surface area contributed by atoms with E-state index in [1.807, 2.05) is 11.8 Å². The molecule has 1 unspecified atom stereocenters. The van der Waals surface area contributed by atoms with E-state index >= 15 is 0 Å². The summed E-state index contributed by atoms with van der Waals surface area (Å²) in [6.45, 7) is 4.23. The third kappa shape index (κ3) is 4.54. The van der Waals surface area contributed by atoms with E-state index in [0.29, 0.717) is 31.3 Å². The summed E-state index contributed by atoms with van der Waals surface area (Å²) < 4.78 is 25.9. The van der Waals surface area contributed by atoms with Gasteiger partial charge in [-0.1, -0.05) is 0 Å². The van der Waals surface area contributed by atoms with Gasteiger partial charge in [0, 0.05) is 38.4 Å². The second kappa shape index (κ2) is 8.51. The summed E-state index contributed by atoms with van der Waals surface area (Å²) in [5, 5.41) is 6.46. The molecule has 1 atom stereocenters. The second-order valence-corrected chi connectivity index (χ2v) is 5.19. The highest BCUT2D eigenvalue weighted by molar-refractivity contribution is 5.80. The van der Waals surface area contributed by atoms with Gasteiger partial charge >= 0.3 is 0 Å². The lowest BCUT2D eigenvalue weighted by atomic mass is 10.3. The summed E-state index contributed by atoms with van der Waals surface area (Å²) in [6.07, 6.45) is 2.90. The smallest absolute Gasteiger partial charge is 0.191 e. The van der Waals surface area contributed by atoms with Gasteiger partial charge in [0.25, 0.3) is 0 Å². The van der Waals surface area contributed by atoms with Gasteiger partial charge in [0.15, 0.2) is 17.6 Å². The van der Waals surface area contributed by atoms with Crippen LogP contribution in [-0.2, 0) is 0 Å². The van der Waals surface area contributed by atoms with E-state index in [9.17, 15) is 8.78 Å². The third-order valence-electron chi connectivity index (χ3n) is 3.47. The number of halogens is 2. The maximum absolute atomic E-state index is 13.8. The molecule has 7 heteroatoms. The first kappa shape index (κ1) is 16.5. The summed E-state index contributed by atoms with van der Waals surface area (Å²) >= 11 is 0. The normalized spacial score (nSPS) is 18.6. The average molecular weight is 311 g/mol. The van der Waals surface area contributed by atoms with Gasteiger partial charge in [-0.05, 0) is 31.9 Å². The van der Waals surface area contributed by atoms with E-state index in [4.69, 9.17) is 0 Å². The molecule has 2 rings (SSSR count). The maximum atomic E-state index is 13.8. The van der Waals surface area contributed by atoms with Crippen molar-refractivity contribution >= 4 is 11.8 Å². The highest BCUT2D eigenvalue weighted by Gasteiger charge is 2.25. The number of hydrogen-bond acceptors (Lipinski definition) is 3. The van der Waals surface area contributed by atoms with E-state index in [-0.39, 0.29) is 18.5 Å². The lowest BCUT2D eigenvalue weighted by Crippen LogP contribution is -2.44. The molecular formula is C15H23F2N5. The maximum Gasteiger partial charge on any atom is 0.191 e. The number of guanidine groups is 1. The Balaban J connectivity index is 1.91. The molecule has 0 saturated carbocycles. The Labute approximate surface area is 129 Å². The number of alkyl halides is 1. The Hall–Kier alpha value is -1.92. The molecule has 0 spiro atoms. The molecule has 1 aromatic rings. The van der Waals surface area contributed by atoms with Gasteiger partial charge in [-0.15, -0.1) is 0 Å². The largest absolute Gasteiger partial charge is 0.357 e. The van der Waals surface area contributed by atoms with Crippen molar-refractivity contribution in [3.8, 4) is 0 Å². The number of aromatic nitrogens is 1. The molecule has 2 heterocycles. The molecule has 5 nitrogen and oxygen atoms in total. The zero-order valence-electron chi connectivity index (χ0n) is 12.9. The van der Waals surface area contributed by atoms with E-state index < -0.39 is 0 Å². The number of anilines is 1. The average Bonchev–Trinajstić information content (AvgIpc) is 2.96. The van der Waals surface area contributed by atoms with Gasteiger partial charge in [-0.2, -0.15) is 0 Å². The van der Waals surface area contributed by atoms with Crippen LogP contribution in [-0.4, -0.2) is 49.8 Å². The van der Waals surface area contributed by atoms with Gasteiger partial charge in [0.05, 0.1) is 6.67 Å². The lowest BCUT2D eigenvalue weighted by molar-refractivity contribution is 0.477. The van der Waals surface area contributed by atoms with Crippen LogP contribution in [0.3, 0.4) is 0 Å². The van der Waals surface area contributed by atoms with Crippen molar-refractivity contribution in [1.29, 1.82) is 0 Å². The third-order valence-corrected chi connectivity index (χ3v) is 3.47. The molecule has 0 aliphatic carbocycles. The molecule has 1 aliphatic heterocycles. The lowest BCUT2D eigenvalue weighted by Gasteiger charge is -2.19. The molecule has 1 aliphatic rings.